The molecule has 0 aliphatic carbocycles. The van der Waals surface area contributed by atoms with E-state index in [0.717, 1.165) is 15.8 Å². The minimum Gasteiger partial charge on any atom is -0.495 e. The Hall–Kier alpha value is -2.27. The molecule has 23 heavy (non-hydrogen) atoms. The van der Waals surface area contributed by atoms with Gasteiger partial charge in [-0.15, -0.1) is 0 Å². The van der Waals surface area contributed by atoms with Crippen LogP contribution in [0.4, 0.5) is 5.69 Å². The summed E-state index contributed by atoms with van der Waals surface area (Å²) in [5, 5.41) is 2.79. The number of nitrogens with one attached hydrogen (secondary N) is 1. The van der Waals surface area contributed by atoms with Crippen LogP contribution in [0.3, 0.4) is 0 Å². The SMILES string of the molecule is CCOc1ccc(Br)cc1C=CC(=O)Nc1ccccc1OC. The van der Waals surface area contributed by atoms with Gasteiger partial charge in [0.25, 0.3) is 0 Å². The molecule has 0 aliphatic rings. The molecule has 0 radical (unpaired) electrons. The van der Waals surface area contributed by atoms with Gasteiger partial charge in [-0.25, -0.2) is 0 Å². The number of amides is 1. The highest BCUT2D eigenvalue weighted by Gasteiger charge is 2.05. The molecule has 0 fully saturated rings. The number of carbonyl (C=O) groups is 1. The fraction of sp³-hybridized carbons (Fsp3) is 0.167. The van der Waals surface area contributed by atoms with E-state index in [2.05, 4.69) is 21.2 Å². The Bertz CT molecular complexity index is 713. The Balaban J connectivity index is 2.13. The number of hydrogen-bond donors (Lipinski definition) is 1. The maximum atomic E-state index is 12.1. The first-order valence-corrected chi connectivity index (χ1v) is 7.97. The van der Waals surface area contributed by atoms with Gasteiger partial charge in [0.2, 0.25) is 5.91 Å². The third-order valence-electron chi connectivity index (χ3n) is 3.05. The van der Waals surface area contributed by atoms with Crippen molar-refractivity contribution in [1.82, 2.24) is 0 Å². The van der Waals surface area contributed by atoms with Gasteiger partial charge in [-0.05, 0) is 43.3 Å². The summed E-state index contributed by atoms with van der Waals surface area (Å²) in [7, 11) is 1.57. The van der Waals surface area contributed by atoms with Crippen molar-refractivity contribution >= 4 is 33.6 Å². The molecular weight excluding hydrogens is 358 g/mol. The lowest BCUT2D eigenvalue weighted by atomic mass is 10.2. The van der Waals surface area contributed by atoms with Gasteiger partial charge in [0, 0.05) is 16.1 Å². The minimum absolute atomic E-state index is 0.239. The zero-order valence-electron chi connectivity index (χ0n) is 13.0. The molecule has 120 valence electrons. The van der Waals surface area contributed by atoms with E-state index in [1.807, 2.05) is 37.3 Å². The second kappa shape index (κ2) is 8.39. The minimum atomic E-state index is -0.239. The van der Waals surface area contributed by atoms with Crippen LogP contribution in [-0.2, 0) is 4.79 Å². The molecule has 0 saturated carbocycles. The number of ether oxygens (including phenoxy) is 2. The van der Waals surface area contributed by atoms with Gasteiger partial charge in [-0.1, -0.05) is 28.1 Å². The molecule has 4 nitrogen and oxygen atoms in total. The van der Waals surface area contributed by atoms with Gasteiger partial charge < -0.3 is 14.8 Å². The van der Waals surface area contributed by atoms with Crippen LogP contribution in [0.5, 0.6) is 11.5 Å². The summed E-state index contributed by atoms with van der Waals surface area (Å²) in [4.78, 5) is 12.1. The van der Waals surface area contributed by atoms with Gasteiger partial charge in [0.15, 0.2) is 0 Å². The van der Waals surface area contributed by atoms with Crippen LogP contribution in [0, 0.1) is 0 Å². The summed E-state index contributed by atoms with van der Waals surface area (Å²) in [6, 6.07) is 12.9. The Morgan fingerprint density at radius 2 is 2.00 bits per heavy atom. The molecule has 1 N–H and O–H groups in total. The predicted octanol–water partition coefficient (Wildman–Crippen LogP) is 4.51. The van der Waals surface area contributed by atoms with Crippen LogP contribution >= 0.6 is 15.9 Å². The third kappa shape index (κ3) is 4.86. The second-order valence-electron chi connectivity index (χ2n) is 4.64. The molecule has 2 aromatic carbocycles. The molecule has 0 saturated heterocycles. The van der Waals surface area contributed by atoms with Crippen molar-refractivity contribution in [2.24, 2.45) is 0 Å². The van der Waals surface area contributed by atoms with Gasteiger partial charge in [0.05, 0.1) is 19.4 Å². The van der Waals surface area contributed by atoms with E-state index >= 15 is 0 Å². The number of hydrogen-bond acceptors (Lipinski definition) is 3. The monoisotopic (exact) mass is 375 g/mol. The fourth-order valence-corrected chi connectivity index (χ4v) is 2.40. The molecule has 0 aliphatic heterocycles. The summed E-state index contributed by atoms with van der Waals surface area (Å²) >= 11 is 3.42. The molecule has 1 amide bonds. The highest BCUT2D eigenvalue weighted by atomic mass is 79.9. The molecule has 2 aromatic rings. The number of benzene rings is 2. The maximum Gasteiger partial charge on any atom is 0.248 e. The standard InChI is InChI=1S/C18H18BrNO3/c1-3-23-16-10-9-14(19)12-13(16)8-11-18(21)20-15-6-4-5-7-17(15)22-2/h4-12H,3H2,1-2H3,(H,20,21). The maximum absolute atomic E-state index is 12.1. The van der Waals surface area contributed by atoms with E-state index < -0.39 is 0 Å². The van der Waals surface area contributed by atoms with E-state index in [0.29, 0.717) is 18.0 Å². The normalized spacial score (nSPS) is 10.6. The highest BCUT2D eigenvalue weighted by Crippen LogP contribution is 2.25. The lowest BCUT2D eigenvalue weighted by molar-refractivity contribution is -0.111. The zero-order chi connectivity index (χ0) is 16.7. The Morgan fingerprint density at radius 3 is 2.74 bits per heavy atom. The van der Waals surface area contributed by atoms with Crippen LogP contribution < -0.4 is 14.8 Å². The second-order valence-corrected chi connectivity index (χ2v) is 5.55. The first-order chi connectivity index (χ1) is 11.1. The largest absolute Gasteiger partial charge is 0.495 e. The van der Waals surface area contributed by atoms with E-state index in [1.54, 1.807) is 25.3 Å². The molecule has 5 heteroatoms. The number of para-hydroxylation sites is 2. The van der Waals surface area contributed by atoms with Crippen LogP contribution in [0.2, 0.25) is 0 Å². The lowest BCUT2D eigenvalue weighted by Gasteiger charge is -2.09. The molecule has 0 spiro atoms. The quantitative estimate of drug-likeness (QED) is 0.755. The number of methoxy groups -OCH3 is 1. The molecule has 0 aromatic heterocycles. The van der Waals surface area contributed by atoms with Crippen molar-refractivity contribution in [1.29, 1.82) is 0 Å². The number of anilines is 1. The van der Waals surface area contributed by atoms with Crippen LogP contribution in [0.25, 0.3) is 6.08 Å². The lowest BCUT2D eigenvalue weighted by Crippen LogP contribution is -2.08. The number of rotatable bonds is 6. The fourth-order valence-electron chi connectivity index (χ4n) is 2.02. The van der Waals surface area contributed by atoms with Gasteiger partial charge in [-0.3, -0.25) is 4.79 Å². The molecule has 2 rings (SSSR count). The third-order valence-corrected chi connectivity index (χ3v) is 3.54. The highest BCUT2D eigenvalue weighted by molar-refractivity contribution is 9.10. The van der Waals surface area contributed by atoms with Crippen molar-refractivity contribution in [3.8, 4) is 11.5 Å². The Labute approximate surface area is 144 Å². The summed E-state index contributed by atoms with van der Waals surface area (Å²) < 4.78 is 11.7. The molecule has 0 atom stereocenters. The summed E-state index contributed by atoms with van der Waals surface area (Å²) in [6.07, 6.45) is 3.19. The molecule has 0 unspecified atom stereocenters. The van der Waals surface area contributed by atoms with Crippen LogP contribution in [0.1, 0.15) is 12.5 Å². The Kier molecular flexibility index (Phi) is 6.23. The molecular formula is C18H18BrNO3. The van der Waals surface area contributed by atoms with E-state index in [1.165, 1.54) is 6.08 Å². The van der Waals surface area contributed by atoms with Crippen LogP contribution in [0.15, 0.2) is 53.0 Å². The number of halogens is 1. The van der Waals surface area contributed by atoms with E-state index in [-0.39, 0.29) is 5.91 Å². The first-order valence-electron chi connectivity index (χ1n) is 7.18. The van der Waals surface area contributed by atoms with E-state index in [4.69, 9.17) is 9.47 Å². The predicted molar refractivity (Wildman–Crippen MR) is 96.0 cm³/mol. The Morgan fingerprint density at radius 1 is 1.22 bits per heavy atom. The van der Waals surface area contributed by atoms with E-state index in [9.17, 15) is 4.79 Å². The van der Waals surface area contributed by atoms with Gasteiger partial charge >= 0.3 is 0 Å². The number of carbonyl (C=O) groups excluding carboxylic acids is 1. The summed E-state index contributed by atoms with van der Waals surface area (Å²) in [6.45, 7) is 2.49. The molecule has 0 bridgehead atoms. The smallest absolute Gasteiger partial charge is 0.248 e. The topological polar surface area (TPSA) is 47.6 Å². The van der Waals surface area contributed by atoms with Crippen molar-refractivity contribution in [3.63, 3.8) is 0 Å². The van der Waals surface area contributed by atoms with Crippen molar-refractivity contribution in [2.75, 3.05) is 19.0 Å². The molecule has 0 heterocycles. The average Bonchev–Trinajstić information content (AvgIpc) is 2.55. The average molecular weight is 376 g/mol. The van der Waals surface area contributed by atoms with Gasteiger partial charge in [0.1, 0.15) is 11.5 Å². The van der Waals surface area contributed by atoms with Gasteiger partial charge in [-0.2, -0.15) is 0 Å². The van der Waals surface area contributed by atoms with Crippen molar-refractivity contribution < 1.29 is 14.3 Å². The first kappa shape index (κ1) is 17.1. The summed E-state index contributed by atoms with van der Waals surface area (Å²) in [5.74, 6) is 1.11. The van der Waals surface area contributed by atoms with Crippen molar-refractivity contribution in [2.45, 2.75) is 6.92 Å². The zero-order valence-corrected chi connectivity index (χ0v) is 14.6. The van der Waals surface area contributed by atoms with Crippen molar-refractivity contribution in [3.05, 3.63) is 58.6 Å². The summed E-state index contributed by atoms with van der Waals surface area (Å²) in [5.41, 5.74) is 1.46. The van der Waals surface area contributed by atoms with Crippen LogP contribution in [-0.4, -0.2) is 19.6 Å².